The van der Waals surface area contributed by atoms with Gasteiger partial charge in [0.05, 0.1) is 16.9 Å². The summed E-state index contributed by atoms with van der Waals surface area (Å²) in [6, 6.07) is 16.3. The number of H-pyrrole nitrogens is 1. The smallest absolute Gasteiger partial charge is 0.251 e. The number of nitrogens with zero attached hydrogens (tertiary/aromatic N) is 5. The number of aromatic amines is 1. The molecule has 2 aliphatic rings. The number of fused-ring (bicyclic) bond motifs is 3. The Morgan fingerprint density at radius 2 is 1.97 bits per heavy atom. The molecule has 2 aliphatic heterocycles. The van der Waals surface area contributed by atoms with E-state index in [2.05, 4.69) is 32.2 Å². The highest BCUT2D eigenvalue weighted by atomic mass is 16.5. The Morgan fingerprint density at radius 3 is 2.67 bits per heavy atom. The van der Waals surface area contributed by atoms with Crippen LogP contribution < -0.4 is 4.74 Å². The number of rotatable bonds is 6. The Morgan fingerprint density at radius 1 is 1.14 bits per heavy atom. The monoisotopic (exact) mass is 484 g/mol. The minimum atomic E-state index is -0.941. The van der Waals surface area contributed by atoms with Crippen LogP contribution in [0.4, 0.5) is 0 Å². The van der Waals surface area contributed by atoms with E-state index < -0.39 is 6.10 Å². The first-order valence-corrected chi connectivity index (χ1v) is 12.3. The van der Waals surface area contributed by atoms with E-state index in [-0.39, 0.29) is 5.91 Å². The summed E-state index contributed by atoms with van der Waals surface area (Å²) in [6.07, 6.45) is 4.66. The summed E-state index contributed by atoms with van der Waals surface area (Å²) in [5.41, 5.74) is 3.78. The van der Waals surface area contributed by atoms with E-state index in [1.165, 1.54) is 0 Å². The van der Waals surface area contributed by atoms with Gasteiger partial charge in [-0.2, -0.15) is 5.10 Å². The molecule has 0 radical (unpaired) electrons. The zero-order chi connectivity index (χ0) is 24.6. The van der Waals surface area contributed by atoms with Crippen LogP contribution in [0.15, 0.2) is 60.9 Å². The standard InChI is InChI=1S/C27H28N6O3/c1-17(34)27(35)32-15-21-5-6-22(16-32)33(21)14-20-4-2-18-12-23(7-8-24(18)30-20)36-26-9-3-19(13-28-26)25-10-11-29-31-25/h2-4,7-13,17,21-22,34H,5-6,14-16H2,1H3,(H,29,31). The van der Waals surface area contributed by atoms with Gasteiger partial charge in [0.25, 0.3) is 5.91 Å². The number of pyridine rings is 2. The van der Waals surface area contributed by atoms with Crippen molar-refractivity contribution in [2.45, 2.75) is 44.5 Å². The lowest BCUT2D eigenvalue weighted by Crippen LogP contribution is -2.56. The van der Waals surface area contributed by atoms with E-state index in [1.807, 2.05) is 41.3 Å². The van der Waals surface area contributed by atoms with Gasteiger partial charge in [-0.15, -0.1) is 0 Å². The normalized spacial score (nSPS) is 20.6. The number of ether oxygens (including phenoxy) is 1. The highest BCUT2D eigenvalue weighted by Crippen LogP contribution is 2.32. The predicted molar refractivity (Wildman–Crippen MR) is 134 cm³/mol. The van der Waals surface area contributed by atoms with Gasteiger partial charge in [0, 0.05) is 61.1 Å². The average Bonchev–Trinajstić information content (AvgIpc) is 3.50. The van der Waals surface area contributed by atoms with Gasteiger partial charge in [0.15, 0.2) is 0 Å². The molecule has 1 aromatic carbocycles. The third-order valence-corrected chi connectivity index (χ3v) is 7.14. The average molecular weight is 485 g/mol. The summed E-state index contributed by atoms with van der Waals surface area (Å²) in [5.74, 6) is 1.05. The molecule has 3 unspecified atom stereocenters. The number of likely N-dealkylation sites (tertiary alicyclic amines) is 1. The van der Waals surface area contributed by atoms with Crippen LogP contribution in [0.25, 0.3) is 22.2 Å². The zero-order valence-electron chi connectivity index (χ0n) is 20.0. The number of hydrogen-bond donors (Lipinski definition) is 2. The molecule has 2 saturated heterocycles. The molecule has 3 atom stereocenters. The summed E-state index contributed by atoms with van der Waals surface area (Å²) in [6.45, 7) is 3.64. The minimum Gasteiger partial charge on any atom is -0.439 e. The summed E-state index contributed by atoms with van der Waals surface area (Å²) in [7, 11) is 0. The van der Waals surface area contributed by atoms with Crippen LogP contribution in [0.3, 0.4) is 0 Å². The largest absolute Gasteiger partial charge is 0.439 e. The molecular formula is C27H28N6O3. The van der Waals surface area contributed by atoms with E-state index >= 15 is 0 Å². The zero-order valence-corrected chi connectivity index (χ0v) is 20.0. The molecule has 2 N–H and O–H groups in total. The van der Waals surface area contributed by atoms with Gasteiger partial charge >= 0.3 is 0 Å². The van der Waals surface area contributed by atoms with Crippen LogP contribution in [0.1, 0.15) is 25.5 Å². The third kappa shape index (κ3) is 4.43. The maximum atomic E-state index is 12.3. The van der Waals surface area contributed by atoms with Crippen molar-refractivity contribution in [3.8, 4) is 22.9 Å². The van der Waals surface area contributed by atoms with Crippen molar-refractivity contribution in [3.05, 3.63) is 66.6 Å². The van der Waals surface area contributed by atoms with Gasteiger partial charge in [-0.05, 0) is 56.2 Å². The predicted octanol–water partition coefficient (Wildman–Crippen LogP) is 3.37. The molecule has 5 heterocycles. The van der Waals surface area contributed by atoms with Crippen molar-refractivity contribution in [1.82, 2.24) is 30.0 Å². The lowest BCUT2D eigenvalue weighted by molar-refractivity contribution is -0.142. The quantitative estimate of drug-likeness (QED) is 0.432. The number of aliphatic hydroxyl groups excluding tert-OH is 1. The Kier molecular flexibility index (Phi) is 5.86. The number of aromatic nitrogens is 4. The molecule has 3 aromatic heterocycles. The highest BCUT2D eigenvalue weighted by Gasteiger charge is 2.41. The van der Waals surface area contributed by atoms with Crippen LogP contribution in [-0.4, -0.2) is 72.3 Å². The number of aliphatic hydroxyl groups is 1. The van der Waals surface area contributed by atoms with Gasteiger partial charge in [0.1, 0.15) is 11.9 Å². The number of hydrogen-bond acceptors (Lipinski definition) is 7. The Labute approximate surface area is 208 Å². The van der Waals surface area contributed by atoms with Crippen molar-refractivity contribution >= 4 is 16.8 Å². The first-order chi connectivity index (χ1) is 17.5. The molecule has 0 spiro atoms. The van der Waals surface area contributed by atoms with Crippen LogP contribution >= 0.6 is 0 Å². The minimum absolute atomic E-state index is 0.169. The lowest BCUT2D eigenvalue weighted by Gasteiger charge is -2.41. The van der Waals surface area contributed by atoms with Crippen LogP contribution in [0.2, 0.25) is 0 Å². The van der Waals surface area contributed by atoms with E-state index in [0.29, 0.717) is 36.8 Å². The van der Waals surface area contributed by atoms with Gasteiger partial charge in [-0.25, -0.2) is 4.98 Å². The molecule has 6 rings (SSSR count). The van der Waals surface area contributed by atoms with Crippen molar-refractivity contribution in [2.75, 3.05) is 13.1 Å². The molecule has 1 amide bonds. The molecule has 9 heteroatoms. The number of carbonyl (C=O) groups is 1. The summed E-state index contributed by atoms with van der Waals surface area (Å²) >= 11 is 0. The number of nitrogens with one attached hydrogen (secondary N) is 1. The summed E-state index contributed by atoms with van der Waals surface area (Å²) < 4.78 is 5.97. The summed E-state index contributed by atoms with van der Waals surface area (Å²) in [4.78, 5) is 25.8. The molecule has 36 heavy (non-hydrogen) atoms. The van der Waals surface area contributed by atoms with Crippen LogP contribution in [-0.2, 0) is 11.3 Å². The third-order valence-electron chi connectivity index (χ3n) is 7.14. The molecule has 2 bridgehead atoms. The second-order valence-corrected chi connectivity index (χ2v) is 9.59. The fourth-order valence-corrected chi connectivity index (χ4v) is 5.31. The molecule has 9 nitrogen and oxygen atoms in total. The first-order valence-electron chi connectivity index (χ1n) is 12.3. The topological polar surface area (TPSA) is 107 Å². The molecule has 4 aromatic rings. The van der Waals surface area contributed by atoms with Gasteiger partial charge in [-0.3, -0.25) is 19.8 Å². The molecule has 0 aliphatic carbocycles. The van der Waals surface area contributed by atoms with Crippen molar-refractivity contribution in [3.63, 3.8) is 0 Å². The molecular weight excluding hydrogens is 456 g/mol. The SMILES string of the molecule is CC(O)C(=O)N1CC2CCC(C1)N2Cc1ccc2cc(Oc3ccc(-c4ccn[nH]4)cn3)ccc2n1. The second-order valence-electron chi connectivity index (χ2n) is 9.59. The summed E-state index contributed by atoms with van der Waals surface area (Å²) in [5, 5.41) is 17.6. The lowest BCUT2D eigenvalue weighted by atomic mass is 10.1. The molecule has 184 valence electrons. The Hall–Kier alpha value is -3.82. The van der Waals surface area contributed by atoms with Gasteiger partial charge in [-0.1, -0.05) is 6.07 Å². The Bertz CT molecular complexity index is 1360. The highest BCUT2D eigenvalue weighted by molar-refractivity contribution is 5.81. The fraction of sp³-hybridized carbons (Fsp3) is 0.333. The molecule has 0 saturated carbocycles. The van der Waals surface area contributed by atoms with Crippen molar-refractivity contribution in [1.29, 1.82) is 0 Å². The number of benzene rings is 1. The number of amides is 1. The number of carbonyl (C=O) groups excluding carboxylic acids is 1. The van der Waals surface area contributed by atoms with Gasteiger partial charge in [0.2, 0.25) is 5.88 Å². The van der Waals surface area contributed by atoms with E-state index in [4.69, 9.17) is 9.72 Å². The van der Waals surface area contributed by atoms with Gasteiger partial charge < -0.3 is 14.7 Å². The molecule has 2 fully saturated rings. The van der Waals surface area contributed by atoms with E-state index in [9.17, 15) is 9.90 Å². The van der Waals surface area contributed by atoms with E-state index in [0.717, 1.165) is 47.2 Å². The van der Waals surface area contributed by atoms with Crippen LogP contribution in [0.5, 0.6) is 11.6 Å². The van der Waals surface area contributed by atoms with Crippen LogP contribution in [0, 0.1) is 0 Å². The Balaban J connectivity index is 1.13. The maximum Gasteiger partial charge on any atom is 0.251 e. The fourth-order valence-electron chi connectivity index (χ4n) is 5.31. The first kappa shape index (κ1) is 22.6. The maximum absolute atomic E-state index is 12.3. The number of piperazine rings is 1. The van der Waals surface area contributed by atoms with E-state index in [1.54, 1.807) is 19.3 Å². The van der Waals surface area contributed by atoms with Crippen molar-refractivity contribution < 1.29 is 14.6 Å². The second kappa shape index (κ2) is 9.33. The van der Waals surface area contributed by atoms with Crippen molar-refractivity contribution in [2.24, 2.45) is 0 Å².